The summed E-state index contributed by atoms with van der Waals surface area (Å²) in [4.78, 5) is 14.7. The van der Waals surface area contributed by atoms with E-state index in [1.54, 1.807) is 0 Å². The van der Waals surface area contributed by atoms with Crippen LogP contribution in [-0.2, 0) is 9.53 Å². The van der Waals surface area contributed by atoms with E-state index in [0.29, 0.717) is 6.04 Å². The Hall–Kier alpha value is -1.07. The van der Waals surface area contributed by atoms with E-state index in [-0.39, 0.29) is 5.97 Å². The predicted molar refractivity (Wildman–Crippen MR) is 88.5 cm³/mol. The molecule has 1 aromatic rings. The van der Waals surface area contributed by atoms with Crippen LogP contribution in [0.4, 0.5) is 5.69 Å². The lowest BCUT2D eigenvalue weighted by Crippen LogP contribution is -2.56. The van der Waals surface area contributed by atoms with Gasteiger partial charge in [-0.2, -0.15) is 0 Å². The molecule has 4 nitrogen and oxygen atoms in total. The molecular formula is C16H23BrN2O2. The Kier molecular flexibility index (Phi) is 5.27. The van der Waals surface area contributed by atoms with E-state index in [9.17, 15) is 4.79 Å². The van der Waals surface area contributed by atoms with Crippen LogP contribution < -0.4 is 5.32 Å². The fourth-order valence-electron chi connectivity index (χ4n) is 2.84. The lowest BCUT2D eigenvalue weighted by atomic mass is 9.86. The van der Waals surface area contributed by atoms with Crippen molar-refractivity contribution in [2.75, 3.05) is 25.5 Å². The number of ether oxygens (including phenoxy) is 1. The number of carbonyl (C=O) groups is 1. The first kappa shape index (κ1) is 16.3. The molecule has 1 aliphatic heterocycles. The Morgan fingerprint density at radius 2 is 2.05 bits per heavy atom. The molecule has 116 valence electrons. The van der Waals surface area contributed by atoms with Crippen LogP contribution >= 0.6 is 15.9 Å². The molecule has 0 atom stereocenters. The number of hydrogen-bond donors (Lipinski definition) is 1. The van der Waals surface area contributed by atoms with Crippen LogP contribution in [0.15, 0.2) is 28.7 Å². The average Bonchev–Trinajstić information content (AvgIpc) is 2.46. The largest absolute Gasteiger partial charge is 0.467 e. The highest BCUT2D eigenvalue weighted by Crippen LogP contribution is 2.30. The van der Waals surface area contributed by atoms with Crippen LogP contribution in [0.1, 0.15) is 26.7 Å². The summed E-state index contributed by atoms with van der Waals surface area (Å²) in [7, 11) is 1.46. The van der Waals surface area contributed by atoms with Crippen molar-refractivity contribution in [2.45, 2.75) is 38.3 Å². The molecule has 21 heavy (non-hydrogen) atoms. The van der Waals surface area contributed by atoms with Gasteiger partial charge in [0, 0.05) is 29.3 Å². The molecule has 0 radical (unpaired) electrons. The monoisotopic (exact) mass is 354 g/mol. The SMILES string of the molecule is COC(=O)C1(Nc2cccc(Br)c2)CCN(C(C)C)CC1. The number of esters is 1. The van der Waals surface area contributed by atoms with Crippen LogP contribution in [0.2, 0.25) is 0 Å². The minimum absolute atomic E-state index is 0.175. The van der Waals surface area contributed by atoms with Crippen molar-refractivity contribution >= 4 is 27.6 Å². The molecule has 1 aliphatic rings. The third-order valence-electron chi connectivity index (χ3n) is 4.17. The van der Waals surface area contributed by atoms with Crippen LogP contribution in [0.3, 0.4) is 0 Å². The Bertz CT molecular complexity index is 497. The summed E-state index contributed by atoms with van der Waals surface area (Å²) < 4.78 is 6.05. The zero-order valence-corrected chi connectivity index (χ0v) is 14.4. The molecule has 0 aromatic heterocycles. The van der Waals surface area contributed by atoms with Crippen molar-refractivity contribution in [3.8, 4) is 0 Å². The summed E-state index contributed by atoms with van der Waals surface area (Å²) in [6, 6.07) is 8.40. The zero-order chi connectivity index (χ0) is 15.5. The molecule has 1 saturated heterocycles. The van der Waals surface area contributed by atoms with E-state index in [1.807, 2.05) is 24.3 Å². The van der Waals surface area contributed by atoms with Gasteiger partial charge in [0.15, 0.2) is 0 Å². The molecule has 0 bridgehead atoms. The number of hydrogen-bond acceptors (Lipinski definition) is 4. The van der Waals surface area contributed by atoms with Crippen LogP contribution in [-0.4, -0.2) is 42.6 Å². The number of methoxy groups -OCH3 is 1. The van der Waals surface area contributed by atoms with Crippen LogP contribution in [0.25, 0.3) is 0 Å². The summed E-state index contributed by atoms with van der Waals surface area (Å²) in [5.41, 5.74) is 0.314. The first-order valence-electron chi connectivity index (χ1n) is 7.33. The van der Waals surface area contributed by atoms with Gasteiger partial charge in [-0.05, 0) is 44.9 Å². The fraction of sp³-hybridized carbons (Fsp3) is 0.562. The number of piperidine rings is 1. The van der Waals surface area contributed by atoms with Gasteiger partial charge in [-0.1, -0.05) is 22.0 Å². The molecule has 0 unspecified atom stereocenters. The molecule has 0 aliphatic carbocycles. The Morgan fingerprint density at radius 3 is 2.57 bits per heavy atom. The van der Waals surface area contributed by atoms with Gasteiger partial charge < -0.3 is 15.0 Å². The molecule has 0 saturated carbocycles. The number of anilines is 1. The van der Waals surface area contributed by atoms with Crippen molar-refractivity contribution in [2.24, 2.45) is 0 Å². The second-order valence-corrected chi connectivity index (χ2v) is 6.75. The van der Waals surface area contributed by atoms with E-state index in [0.717, 1.165) is 36.1 Å². The van der Waals surface area contributed by atoms with Gasteiger partial charge in [-0.25, -0.2) is 4.79 Å². The lowest BCUT2D eigenvalue weighted by Gasteiger charge is -2.42. The Morgan fingerprint density at radius 1 is 1.38 bits per heavy atom. The highest BCUT2D eigenvalue weighted by atomic mass is 79.9. The molecule has 0 spiro atoms. The van der Waals surface area contributed by atoms with E-state index >= 15 is 0 Å². The molecule has 5 heteroatoms. The molecule has 0 amide bonds. The molecule has 1 fully saturated rings. The number of nitrogens with zero attached hydrogens (tertiary/aromatic N) is 1. The topological polar surface area (TPSA) is 41.6 Å². The smallest absolute Gasteiger partial charge is 0.331 e. The summed E-state index contributed by atoms with van der Waals surface area (Å²) in [6.45, 7) is 6.17. The van der Waals surface area contributed by atoms with Gasteiger partial charge in [0.05, 0.1) is 7.11 Å². The third-order valence-corrected chi connectivity index (χ3v) is 4.66. The number of benzene rings is 1. The van der Waals surface area contributed by atoms with Crippen molar-refractivity contribution in [1.29, 1.82) is 0 Å². The highest BCUT2D eigenvalue weighted by molar-refractivity contribution is 9.10. The standard InChI is InChI=1S/C16H23BrN2O2/c1-12(2)19-9-7-16(8-10-19,15(20)21-3)18-14-6-4-5-13(17)11-14/h4-6,11-12,18H,7-10H2,1-3H3. The number of likely N-dealkylation sites (tertiary alicyclic amines) is 1. The molecule has 1 N–H and O–H groups in total. The first-order chi connectivity index (χ1) is 9.97. The van der Waals surface area contributed by atoms with Crippen molar-refractivity contribution in [3.05, 3.63) is 28.7 Å². The number of rotatable bonds is 4. The number of carbonyl (C=O) groups excluding carboxylic acids is 1. The third kappa shape index (κ3) is 3.77. The van der Waals surface area contributed by atoms with Gasteiger partial charge >= 0.3 is 5.97 Å². The van der Waals surface area contributed by atoms with Gasteiger partial charge in [-0.3, -0.25) is 0 Å². The van der Waals surface area contributed by atoms with E-state index < -0.39 is 5.54 Å². The molecule has 1 aromatic carbocycles. The lowest BCUT2D eigenvalue weighted by molar-refractivity contribution is -0.148. The molecule has 2 rings (SSSR count). The maximum absolute atomic E-state index is 12.3. The van der Waals surface area contributed by atoms with E-state index in [1.165, 1.54) is 7.11 Å². The van der Waals surface area contributed by atoms with E-state index in [4.69, 9.17) is 4.74 Å². The zero-order valence-electron chi connectivity index (χ0n) is 12.9. The minimum Gasteiger partial charge on any atom is -0.467 e. The Balaban J connectivity index is 2.17. The maximum Gasteiger partial charge on any atom is 0.331 e. The van der Waals surface area contributed by atoms with Crippen LogP contribution in [0, 0.1) is 0 Å². The minimum atomic E-state index is -0.624. The summed E-state index contributed by atoms with van der Waals surface area (Å²) in [5.74, 6) is -0.175. The number of halogens is 1. The average molecular weight is 355 g/mol. The van der Waals surface area contributed by atoms with Crippen LogP contribution in [0.5, 0.6) is 0 Å². The summed E-state index contributed by atoms with van der Waals surface area (Å²) in [6.07, 6.45) is 1.51. The second kappa shape index (κ2) is 6.79. The maximum atomic E-state index is 12.3. The second-order valence-electron chi connectivity index (χ2n) is 5.84. The van der Waals surface area contributed by atoms with Gasteiger partial charge in [0.25, 0.3) is 0 Å². The highest BCUT2D eigenvalue weighted by Gasteiger charge is 2.42. The predicted octanol–water partition coefficient (Wildman–Crippen LogP) is 3.28. The van der Waals surface area contributed by atoms with Crippen molar-refractivity contribution < 1.29 is 9.53 Å². The summed E-state index contributed by atoms with van der Waals surface area (Å²) in [5, 5.41) is 3.41. The summed E-state index contributed by atoms with van der Waals surface area (Å²) >= 11 is 3.46. The molecular weight excluding hydrogens is 332 g/mol. The first-order valence-corrected chi connectivity index (χ1v) is 8.12. The Labute approximate surface area is 135 Å². The van der Waals surface area contributed by atoms with Gasteiger partial charge in [0.1, 0.15) is 5.54 Å². The normalized spacial score (nSPS) is 18.5. The molecule has 1 heterocycles. The fourth-order valence-corrected chi connectivity index (χ4v) is 3.24. The number of nitrogens with one attached hydrogen (secondary N) is 1. The van der Waals surface area contributed by atoms with Crippen molar-refractivity contribution in [1.82, 2.24) is 4.90 Å². The quantitative estimate of drug-likeness (QED) is 0.842. The van der Waals surface area contributed by atoms with Gasteiger partial charge in [0.2, 0.25) is 0 Å². The van der Waals surface area contributed by atoms with E-state index in [2.05, 4.69) is 40.0 Å². The van der Waals surface area contributed by atoms with Gasteiger partial charge in [-0.15, -0.1) is 0 Å². The van der Waals surface area contributed by atoms with Crippen molar-refractivity contribution in [3.63, 3.8) is 0 Å².